The highest BCUT2D eigenvalue weighted by Gasteiger charge is 2.16. The van der Waals surface area contributed by atoms with Gasteiger partial charge in [-0.2, -0.15) is 5.10 Å². The lowest BCUT2D eigenvalue weighted by atomic mass is 10.0. The fraction of sp³-hybridized carbons (Fsp3) is 0.421. The normalized spacial score (nSPS) is 13.3. The van der Waals surface area contributed by atoms with Gasteiger partial charge in [-0.3, -0.25) is 9.59 Å². The molecule has 26 heavy (non-hydrogen) atoms. The van der Waals surface area contributed by atoms with Gasteiger partial charge in [0.1, 0.15) is 5.69 Å². The van der Waals surface area contributed by atoms with E-state index in [0.29, 0.717) is 19.7 Å². The maximum atomic E-state index is 12.3. The number of rotatable bonds is 7. The zero-order valence-corrected chi connectivity index (χ0v) is 15.0. The fourth-order valence-corrected chi connectivity index (χ4v) is 3.15. The lowest BCUT2D eigenvalue weighted by molar-refractivity contribution is 0.0946. The van der Waals surface area contributed by atoms with E-state index in [1.165, 1.54) is 28.1 Å². The highest BCUT2D eigenvalue weighted by Crippen LogP contribution is 2.25. The van der Waals surface area contributed by atoms with E-state index in [9.17, 15) is 9.59 Å². The standard InChI is InChI=1S/C19H24N4O3/c1-26-14-13-23-18(24)9-8-16(21-23)19(25)20-10-12-22-11-4-6-15-5-2-3-7-17(15)22/h2-3,5,7-9H,4,6,10-14H2,1H3,(H,20,25). The summed E-state index contributed by atoms with van der Waals surface area (Å²) >= 11 is 0. The van der Waals surface area contributed by atoms with Crippen molar-refractivity contribution in [3.63, 3.8) is 0 Å². The van der Waals surface area contributed by atoms with Crippen LogP contribution in [0.15, 0.2) is 41.2 Å². The third-order valence-electron chi connectivity index (χ3n) is 4.48. The van der Waals surface area contributed by atoms with Crippen LogP contribution in [0.5, 0.6) is 0 Å². The molecule has 1 N–H and O–H groups in total. The minimum absolute atomic E-state index is 0.236. The second kappa shape index (κ2) is 8.62. The summed E-state index contributed by atoms with van der Waals surface area (Å²) in [6, 6.07) is 11.2. The van der Waals surface area contributed by atoms with Crippen LogP contribution in [0.4, 0.5) is 5.69 Å². The number of hydrogen-bond donors (Lipinski definition) is 1. The Balaban J connectivity index is 1.57. The number of amides is 1. The summed E-state index contributed by atoms with van der Waals surface area (Å²) in [6.45, 7) is 2.94. The van der Waals surface area contributed by atoms with Gasteiger partial charge in [0.2, 0.25) is 0 Å². The topological polar surface area (TPSA) is 76.5 Å². The number of aryl methyl sites for hydroxylation is 1. The van der Waals surface area contributed by atoms with Gasteiger partial charge >= 0.3 is 0 Å². The molecule has 1 aliphatic rings. The molecule has 7 nitrogen and oxygen atoms in total. The molecule has 0 saturated carbocycles. The number of aromatic nitrogens is 2. The molecule has 0 spiro atoms. The van der Waals surface area contributed by atoms with E-state index < -0.39 is 0 Å². The number of ether oxygens (including phenoxy) is 1. The first-order valence-corrected chi connectivity index (χ1v) is 8.87. The first kappa shape index (κ1) is 18.1. The molecule has 7 heteroatoms. The quantitative estimate of drug-likeness (QED) is 0.803. The Bertz CT molecular complexity index is 818. The number of carbonyl (C=O) groups excluding carboxylic acids is 1. The third-order valence-corrected chi connectivity index (χ3v) is 4.48. The summed E-state index contributed by atoms with van der Waals surface area (Å²) in [4.78, 5) is 26.4. The van der Waals surface area contributed by atoms with E-state index in [1.807, 2.05) is 6.07 Å². The number of para-hydroxylation sites is 1. The van der Waals surface area contributed by atoms with Crippen LogP contribution in [0, 0.1) is 0 Å². The first-order chi connectivity index (χ1) is 12.7. The molecule has 2 aromatic rings. The van der Waals surface area contributed by atoms with Crippen LogP contribution in [0.2, 0.25) is 0 Å². The smallest absolute Gasteiger partial charge is 0.271 e. The van der Waals surface area contributed by atoms with Crippen LogP contribution in [0.25, 0.3) is 0 Å². The van der Waals surface area contributed by atoms with Gasteiger partial charge in [0.05, 0.1) is 13.2 Å². The Hall–Kier alpha value is -2.67. The second-order valence-electron chi connectivity index (χ2n) is 6.25. The van der Waals surface area contributed by atoms with Crippen LogP contribution >= 0.6 is 0 Å². The van der Waals surface area contributed by atoms with Gasteiger partial charge in [-0.25, -0.2) is 4.68 Å². The molecule has 0 fully saturated rings. The zero-order chi connectivity index (χ0) is 18.4. The van der Waals surface area contributed by atoms with Crippen molar-refractivity contribution in [2.75, 3.05) is 38.3 Å². The summed E-state index contributed by atoms with van der Waals surface area (Å²) in [5, 5.41) is 7.00. The summed E-state index contributed by atoms with van der Waals surface area (Å²) in [5.74, 6) is -0.276. The van der Waals surface area contributed by atoms with Crippen LogP contribution < -0.4 is 15.8 Å². The number of fused-ring (bicyclic) bond motifs is 1. The number of carbonyl (C=O) groups is 1. The number of nitrogens with zero attached hydrogens (tertiary/aromatic N) is 3. The largest absolute Gasteiger partial charge is 0.383 e. The van der Waals surface area contributed by atoms with Gasteiger partial charge in [0.25, 0.3) is 11.5 Å². The Labute approximate surface area is 152 Å². The maximum absolute atomic E-state index is 12.3. The van der Waals surface area contributed by atoms with Crippen molar-refractivity contribution in [2.24, 2.45) is 0 Å². The number of nitrogens with one attached hydrogen (secondary N) is 1. The molecule has 0 unspecified atom stereocenters. The highest BCUT2D eigenvalue weighted by atomic mass is 16.5. The summed E-state index contributed by atoms with van der Waals surface area (Å²) in [7, 11) is 1.56. The summed E-state index contributed by atoms with van der Waals surface area (Å²) < 4.78 is 6.21. The second-order valence-corrected chi connectivity index (χ2v) is 6.25. The molecule has 2 heterocycles. The summed E-state index contributed by atoms with van der Waals surface area (Å²) in [6.07, 6.45) is 2.23. The van der Waals surface area contributed by atoms with Crippen molar-refractivity contribution in [3.8, 4) is 0 Å². The average molecular weight is 356 g/mol. The van der Waals surface area contributed by atoms with Crippen LogP contribution in [0.3, 0.4) is 0 Å². The number of methoxy groups -OCH3 is 1. The van der Waals surface area contributed by atoms with E-state index in [2.05, 4.69) is 33.5 Å². The van der Waals surface area contributed by atoms with Gasteiger partial charge in [0, 0.05) is 38.5 Å². The molecular weight excluding hydrogens is 332 g/mol. The molecule has 0 atom stereocenters. The molecule has 0 saturated heterocycles. The molecule has 0 aliphatic carbocycles. The van der Waals surface area contributed by atoms with E-state index >= 15 is 0 Å². The zero-order valence-electron chi connectivity index (χ0n) is 15.0. The van der Waals surface area contributed by atoms with E-state index in [-0.39, 0.29) is 17.2 Å². The molecule has 3 rings (SSSR count). The molecule has 1 aliphatic heterocycles. The van der Waals surface area contributed by atoms with Gasteiger partial charge < -0.3 is 15.0 Å². The van der Waals surface area contributed by atoms with Crippen molar-refractivity contribution >= 4 is 11.6 Å². The van der Waals surface area contributed by atoms with Crippen LogP contribution in [-0.4, -0.2) is 49.0 Å². The highest BCUT2D eigenvalue weighted by molar-refractivity contribution is 5.92. The van der Waals surface area contributed by atoms with Crippen molar-refractivity contribution in [1.82, 2.24) is 15.1 Å². The SMILES string of the molecule is COCCn1nc(C(=O)NCCN2CCCc3ccccc32)ccc1=O. The van der Waals surface area contributed by atoms with Gasteiger partial charge in [-0.1, -0.05) is 18.2 Å². The first-order valence-electron chi connectivity index (χ1n) is 8.87. The van der Waals surface area contributed by atoms with E-state index in [4.69, 9.17) is 4.74 Å². The molecule has 1 aromatic heterocycles. The van der Waals surface area contributed by atoms with E-state index in [1.54, 1.807) is 7.11 Å². The number of benzene rings is 1. The molecule has 1 amide bonds. The van der Waals surface area contributed by atoms with Crippen molar-refractivity contribution in [2.45, 2.75) is 19.4 Å². The third kappa shape index (κ3) is 4.29. The Morgan fingerprint density at radius 3 is 2.92 bits per heavy atom. The molecule has 138 valence electrons. The lowest BCUT2D eigenvalue weighted by Crippen LogP contribution is -2.38. The minimum Gasteiger partial charge on any atom is -0.383 e. The summed E-state index contributed by atoms with van der Waals surface area (Å²) in [5.41, 5.74) is 2.60. The van der Waals surface area contributed by atoms with Crippen LogP contribution in [-0.2, 0) is 17.7 Å². The molecule has 1 aromatic carbocycles. The predicted molar refractivity (Wildman–Crippen MR) is 99.7 cm³/mol. The monoisotopic (exact) mass is 356 g/mol. The van der Waals surface area contributed by atoms with Gasteiger partial charge in [-0.15, -0.1) is 0 Å². The Kier molecular flexibility index (Phi) is 6.01. The fourth-order valence-electron chi connectivity index (χ4n) is 3.15. The van der Waals surface area contributed by atoms with E-state index in [0.717, 1.165) is 25.9 Å². The van der Waals surface area contributed by atoms with Crippen LogP contribution in [0.1, 0.15) is 22.5 Å². The van der Waals surface area contributed by atoms with Gasteiger partial charge in [0.15, 0.2) is 0 Å². The predicted octanol–water partition coefficient (Wildman–Crippen LogP) is 1.07. The Morgan fingerprint density at radius 1 is 1.23 bits per heavy atom. The Morgan fingerprint density at radius 2 is 2.08 bits per heavy atom. The molecule has 0 radical (unpaired) electrons. The van der Waals surface area contributed by atoms with Crippen molar-refractivity contribution in [1.29, 1.82) is 0 Å². The van der Waals surface area contributed by atoms with Gasteiger partial charge in [-0.05, 0) is 30.5 Å². The minimum atomic E-state index is -0.276. The average Bonchev–Trinajstić information content (AvgIpc) is 2.67. The molecular formula is C19H24N4O3. The number of anilines is 1. The van der Waals surface area contributed by atoms with Crippen molar-refractivity contribution in [3.05, 3.63) is 58.0 Å². The number of hydrogen-bond acceptors (Lipinski definition) is 5. The lowest BCUT2D eigenvalue weighted by Gasteiger charge is -2.31. The maximum Gasteiger partial charge on any atom is 0.271 e. The molecule has 0 bridgehead atoms. The van der Waals surface area contributed by atoms with Crippen molar-refractivity contribution < 1.29 is 9.53 Å².